The van der Waals surface area contributed by atoms with Gasteiger partial charge in [-0.2, -0.15) is 0 Å². The molecule has 0 aliphatic carbocycles. The third-order valence-electron chi connectivity index (χ3n) is 7.87. The van der Waals surface area contributed by atoms with Crippen LogP contribution in [-0.2, 0) is 0 Å². The summed E-state index contributed by atoms with van der Waals surface area (Å²) in [6.07, 6.45) is 18.9. The van der Waals surface area contributed by atoms with Crippen molar-refractivity contribution in [2.45, 2.75) is 25.8 Å². The smallest absolute Gasteiger partial charge is 0.322 e. The number of nitrogens with one attached hydrogen (secondary N) is 3. The molecule has 0 saturated carbocycles. The second kappa shape index (κ2) is 36.1. The number of nitrogens with zero attached hydrogens (tertiary/aromatic N) is 10. The van der Waals surface area contributed by atoms with Crippen molar-refractivity contribution < 1.29 is 36.0 Å². The summed E-state index contributed by atoms with van der Waals surface area (Å²) in [6.45, 7) is 5.30. The summed E-state index contributed by atoms with van der Waals surface area (Å²) < 4.78 is 5.59. The summed E-state index contributed by atoms with van der Waals surface area (Å²) in [7, 11) is 3.66. The molecule has 2 aromatic heterocycles. The monoisotopic (exact) mass is 953 g/mol. The number of amides is 2. The molecule has 1 saturated heterocycles. The molecule has 370 valence electrons. The molecule has 18 nitrogen and oxygen atoms in total. The Bertz CT molecular complexity index is 3130. The van der Waals surface area contributed by atoms with Gasteiger partial charge in [-0.05, 0) is 132 Å². The normalized spacial score (nSPS) is 10.2. The first-order valence-corrected chi connectivity index (χ1v) is 20.0. The van der Waals surface area contributed by atoms with Gasteiger partial charge < -0.3 is 41.1 Å². The molecule has 5 N–H and O–H groups in total. The van der Waals surface area contributed by atoms with Crippen molar-refractivity contribution in [3.05, 3.63) is 70.8 Å². The van der Waals surface area contributed by atoms with Crippen LogP contribution in [0.25, 0.3) is 11.3 Å². The van der Waals surface area contributed by atoms with Crippen molar-refractivity contribution in [2.75, 3.05) is 51.0 Å². The molecule has 1 unspecified atom stereocenters. The predicted molar refractivity (Wildman–Crippen MR) is 297 cm³/mol. The number of nitrogens with two attached hydrogens (primary N) is 1. The van der Waals surface area contributed by atoms with Crippen LogP contribution in [0.5, 0.6) is 5.75 Å². The van der Waals surface area contributed by atoms with Crippen molar-refractivity contribution in [3.63, 3.8) is 0 Å². The SMILES string of the molecule is C#CC#CC#CC#CC#CC#CC#CC#CC#CC#CC#CC#CC#C.CCCC(Nc1cncc(-c2ccc(NC(=O)N3CCN(C)CC3)c(OC)c2)n1)c1cccnc1.NN=NN=NN[N+](=O)[O-].[HH].[HH].[HH].[HH].[HH].[HH].[HH].[HH].[HH].[HH].[HH].[HH].[HH].[HH].[HH]. The van der Waals surface area contributed by atoms with Crippen LogP contribution >= 0.6 is 0 Å². The van der Waals surface area contributed by atoms with Gasteiger partial charge in [0.1, 0.15) is 16.8 Å². The van der Waals surface area contributed by atoms with E-state index in [1.54, 1.807) is 25.7 Å². The maximum absolute atomic E-state index is 12.7. The minimum Gasteiger partial charge on any atom is -0.495 e. The molecule has 3 heterocycles. The Morgan fingerprint density at radius 1 is 0.814 bits per heavy atom. The standard InChI is InChI=1S/C26H33N7O2.C26H2.H3N7O2.15H2/c1-4-6-21(20-7-5-10-27-16-20)29-25-18-28-17-23(30-25)19-8-9-22(24(15-19)35-3)31-26(34)33-13-11-32(2)12-14-33;1-3-5-7-9-11-13-15-17-19-21-23-25-26-24-22-20-18-16-14-12-10-8-6-4-2;1-2-3-4-5-6-7(8)9;;;;;;;;;;;;;;;/h5,7-10,15-18,21H,4,6,11-14H2,1-3H3,(H,29,30)(H,31,34);1-2H;(H2,1,3,5)(H,2,4,6);15*1H. The first-order chi connectivity index (χ1) is 34.3. The Hall–Kier alpha value is -11.2. The molecule has 0 bridgehead atoms. The van der Waals surface area contributed by atoms with E-state index in [2.05, 4.69) is 214 Å². The van der Waals surface area contributed by atoms with E-state index in [-0.39, 0.29) is 33.5 Å². The fourth-order valence-electron chi connectivity index (χ4n) is 4.90. The van der Waals surface area contributed by atoms with Crippen LogP contribution < -0.4 is 26.7 Å². The highest BCUT2D eigenvalue weighted by atomic mass is 16.7. The maximum Gasteiger partial charge on any atom is 0.322 e. The number of piperazine rings is 1. The van der Waals surface area contributed by atoms with Crippen LogP contribution in [0.15, 0.2) is 76.0 Å². The first kappa shape index (κ1) is 54.9. The zero-order valence-electron chi connectivity index (χ0n) is 37.9. The van der Waals surface area contributed by atoms with Crippen LogP contribution in [0.2, 0.25) is 0 Å². The second-order valence-corrected chi connectivity index (χ2v) is 12.5. The van der Waals surface area contributed by atoms with Crippen LogP contribution in [0.3, 0.4) is 0 Å². The van der Waals surface area contributed by atoms with Crippen molar-refractivity contribution in [1.29, 1.82) is 0 Å². The summed E-state index contributed by atoms with van der Waals surface area (Å²) in [5, 5.41) is 25.8. The predicted octanol–water partition coefficient (Wildman–Crippen LogP) is 7.64. The Kier molecular flexibility index (Phi) is 28.3. The average Bonchev–Trinajstić information content (AvgIpc) is 3.37. The van der Waals surface area contributed by atoms with Crippen LogP contribution in [0.4, 0.5) is 16.3 Å². The highest BCUT2D eigenvalue weighted by molar-refractivity contribution is 5.91. The number of hydrogen-bond donors (Lipinski definition) is 4. The summed E-state index contributed by atoms with van der Waals surface area (Å²) in [4.78, 5) is 39.6. The molecule has 1 fully saturated rings. The van der Waals surface area contributed by atoms with Gasteiger partial charge in [-0.15, -0.1) is 12.8 Å². The minimum atomic E-state index is -0.907. The number of hydrazine groups is 1. The Morgan fingerprint density at radius 3 is 1.81 bits per heavy atom. The summed E-state index contributed by atoms with van der Waals surface area (Å²) in [6, 6.07) is 9.63. The van der Waals surface area contributed by atoms with Crippen molar-refractivity contribution in [2.24, 2.45) is 26.7 Å². The fraction of sp³-hybridized carbons (Fsp3) is 0.192. The number of urea groups is 1. The van der Waals surface area contributed by atoms with Crippen molar-refractivity contribution in [1.82, 2.24) is 30.3 Å². The van der Waals surface area contributed by atoms with Crippen LogP contribution in [0, 0.1) is 165 Å². The number of nitro groups is 1. The van der Waals surface area contributed by atoms with E-state index in [4.69, 9.17) is 22.6 Å². The van der Waals surface area contributed by atoms with Gasteiger partial charge in [0.25, 0.3) is 0 Å². The number of pyridine rings is 1. The zero-order valence-corrected chi connectivity index (χ0v) is 37.9. The molecule has 4 rings (SSSR count). The third-order valence-corrected chi connectivity index (χ3v) is 7.87. The molecule has 0 radical (unpaired) electrons. The highest BCUT2D eigenvalue weighted by Crippen LogP contribution is 2.31. The lowest BCUT2D eigenvalue weighted by Gasteiger charge is -2.32. The van der Waals surface area contributed by atoms with E-state index in [9.17, 15) is 14.9 Å². The van der Waals surface area contributed by atoms with Crippen LogP contribution in [0.1, 0.15) is 52.8 Å². The Morgan fingerprint density at radius 2 is 1.36 bits per heavy atom. The van der Waals surface area contributed by atoms with E-state index in [0.29, 0.717) is 36.0 Å². The fourth-order valence-corrected chi connectivity index (χ4v) is 4.90. The second-order valence-electron chi connectivity index (χ2n) is 12.5. The number of ether oxygens (including phenoxy) is 1. The van der Waals surface area contributed by atoms with E-state index < -0.39 is 5.03 Å². The molecule has 1 aromatic carbocycles. The molecule has 1 atom stereocenters. The van der Waals surface area contributed by atoms with Crippen molar-refractivity contribution in [3.8, 4) is 172 Å². The van der Waals surface area contributed by atoms with Crippen LogP contribution in [-0.4, -0.2) is 76.2 Å². The van der Waals surface area contributed by atoms with E-state index in [0.717, 1.165) is 37.1 Å². The van der Waals surface area contributed by atoms with Gasteiger partial charge in [-0.3, -0.25) is 9.97 Å². The first-order valence-electron chi connectivity index (χ1n) is 20.0. The molecule has 18 heteroatoms. The van der Waals surface area contributed by atoms with Gasteiger partial charge in [-0.1, -0.05) is 30.7 Å². The van der Waals surface area contributed by atoms with Gasteiger partial charge in [-0.25, -0.2) is 9.78 Å². The van der Waals surface area contributed by atoms with Gasteiger partial charge in [0.15, 0.2) is 5.22 Å². The maximum atomic E-state index is 12.7. The number of rotatable bonds is 11. The van der Waals surface area contributed by atoms with E-state index >= 15 is 0 Å². The quantitative estimate of drug-likeness (QED) is 0.0480. The minimum absolute atomic E-state index is 0. The Labute approximate surface area is 429 Å². The number of carbonyl (C=O) groups is 1. The number of aromatic nitrogens is 3. The lowest BCUT2D eigenvalue weighted by Crippen LogP contribution is -2.48. The molecular weight excluding hydrogens is 885 g/mol. The number of terminal acetylenes is 2. The molecule has 3 aromatic rings. The molecule has 2 amide bonds. The largest absolute Gasteiger partial charge is 0.495 e. The highest BCUT2D eigenvalue weighted by Gasteiger charge is 2.20. The van der Waals surface area contributed by atoms with Gasteiger partial charge in [0, 0.05) is 124 Å². The lowest BCUT2D eigenvalue weighted by molar-refractivity contribution is -0.546. The Balaban J connectivity index is -0.0000000763. The molecule has 1 aliphatic rings. The summed E-state index contributed by atoms with van der Waals surface area (Å²) >= 11 is 0. The number of likely N-dealkylation sites (N-methyl/N-ethyl adjacent to an activating group) is 1. The lowest BCUT2D eigenvalue weighted by atomic mass is 10.0. The topological polar surface area (TPSA) is 226 Å². The number of anilines is 2. The average molecular weight is 953 g/mol. The summed E-state index contributed by atoms with van der Waals surface area (Å²) in [5.74, 6) is 63.9. The van der Waals surface area contributed by atoms with E-state index in [1.807, 2.05) is 35.4 Å². The molecular formula is C52H68N14O4. The zero-order chi connectivity index (χ0) is 50.7. The molecule has 70 heavy (non-hydrogen) atoms. The third kappa shape index (κ3) is 25.2. The molecule has 1 aliphatic heterocycles. The number of methoxy groups -OCH3 is 1. The molecule has 0 spiro atoms. The summed E-state index contributed by atoms with van der Waals surface area (Å²) in [5.41, 5.74) is 4.66. The number of carbonyl (C=O) groups excluding carboxylic acids is 1. The van der Waals surface area contributed by atoms with Crippen molar-refractivity contribution >= 4 is 17.5 Å². The number of hydrogen-bond acceptors (Lipinski definition) is 11. The number of benzene rings is 1. The van der Waals surface area contributed by atoms with Gasteiger partial charge >= 0.3 is 6.03 Å². The van der Waals surface area contributed by atoms with Gasteiger partial charge in [0.2, 0.25) is 0 Å². The van der Waals surface area contributed by atoms with Gasteiger partial charge in [0.05, 0.1) is 42.0 Å². The van der Waals surface area contributed by atoms with E-state index in [1.165, 1.54) is 5.53 Å².